The average molecular weight is 410 g/mol. The van der Waals surface area contributed by atoms with Gasteiger partial charge in [0.25, 0.3) is 0 Å². The van der Waals surface area contributed by atoms with Gasteiger partial charge in [-0.25, -0.2) is 4.68 Å². The number of aromatic nitrogens is 2. The second-order valence-corrected chi connectivity index (χ2v) is 6.44. The number of nitrogen functional groups attached to an aromatic ring is 1. The van der Waals surface area contributed by atoms with Crippen molar-refractivity contribution in [1.82, 2.24) is 9.78 Å². The highest BCUT2D eigenvalue weighted by atomic mass is 35.5. The summed E-state index contributed by atoms with van der Waals surface area (Å²) in [4.78, 5) is -0.380. The predicted molar refractivity (Wildman–Crippen MR) is 79.6 cm³/mol. The van der Waals surface area contributed by atoms with Crippen LogP contribution in [0, 0.1) is 6.92 Å². The molecule has 2 rings (SSSR count). The van der Waals surface area contributed by atoms with Gasteiger partial charge in [-0.1, -0.05) is 23.2 Å². The van der Waals surface area contributed by atoms with E-state index in [9.17, 15) is 26.3 Å². The van der Waals surface area contributed by atoms with Crippen LogP contribution in [-0.2, 0) is 6.18 Å². The Hall–Kier alpha value is -1.26. The van der Waals surface area contributed by atoms with Crippen LogP contribution in [-0.4, -0.2) is 15.3 Å². The summed E-state index contributed by atoms with van der Waals surface area (Å²) in [7, 11) is 0. The first kappa shape index (κ1) is 19.1. The smallest absolute Gasteiger partial charge is 0.383 e. The fraction of sp³-hybridized carbons (Fsp3) is 0.250. The van der Waals surface area contributed by atoms with Crippen LogP contribution < -0.4 is 5.73 Å². The SMILES string of the molecule is Cc1nn(-c2c(Cl)cc(C(F)(F)F)cc2Cl)c(N)c1SC(F)(F)F. The highest BCUT2D eigenvalue weighted by molar-refractivity contribution is 8.00. The first-order valence-electron chi connectivity index (χ1n) is 5.98. The normalized spacial score (nSPS) is 12.7. The highest BCUT2D eigenvalue weighted by Crippen LogP contribution is 2.44. The van der Waals surface area contributed by atoms with Crippen molar-refractivity contribution in [2.24, 2.45) is 0 Å². The Balaban J connectivity index is 2.60. The van der Waals surface area contributed by atoms with Gasteiger partial charge >= 0.3 is 11.7 Å². The summed E-state index contributed by atoms with van der Waals surface area (Å²) >= 11 is 11.1. The fourth-order valence-electron chi connectivity index (χ4n) is 1.87. The zero-order valence-corrected chi connectivity index (χ0v) is 13.9. The van der Waals surface area contributed by atoms with Crippen molar-refractivity contribution in [3.05, 3.63) is 33.4 Å². The van der Waals surface area contributed by atoms with Crippen molar-refractivity contribution in [1.29, 1.82) is 0 Å². The third-order valence-corrected chi connectivity index (χ3v) is 4.33. The van der Waals surface area contributed by atoms with Gasteiger partial charge in [0.1, 0.15) is 11.5 Å². The van der Waals surface area contributed by atoms with E-state index in [4.69, 9.17) is 28.9 Å². The van der Waals surface area contributed by atoms with Gasteiger partial charge in [-0.2, -0.15) is 31.4 Å². The van der Waals surface area contributed by atoms with E-state index in [-0.39, 0.29) is 16.3 Å². The van der Waals surface area contributed by atoms with E-state index in [1.165, 1.54) is 6.92 Å². The summed E-state index contributed by atoms with van der Waals surface area (Å²) in [6, 6.07) is 1.19. The van der Waals surface area contributed by atoms with Crippen LogP contribution in [0.3, 0.4) is 0 Å². The molecule has 2 N–H and O–H groups in total. The molecule has 0 bridgehead atoms. The van der Waals surface area contributed by atoms with Crippen molar-refractivity contribution in [3.8, 4) is 5.69 Å². The standard InChI is InChI=1S/C12H7Cl2F6N3S/c1-4-9(24-12(18,19)20)10(21)23(22-4)8-6(13)2-5(3-7(8)14)11(15,16)17/h2-3H,21H2,1H3. The molecular weight excluding hydrogens is 403 g/mol. The molecule has 0 fully saturated rings. The molecule has 0 amide bonds. The van der Waals surface area contributed by atoms with Crippen LogP contribution in [0.2, 0.25) is 10.0 Å². The van der Waals surface area contributed by atoms with E-state index in [0.29, 0.717) is 12.1 Å². The van der Waals surface area contributed by atoms with Crippen LogP contribution in [0.1, 0.15) is 11.3 Å². The largest absolute Gasteiger partial charge is 0.446 e. The number of aryl methyl sites for hydroxylation is 1. The molecule has 1 aromatic carbocycles. The number of anilines is 1. The number of halogens is 8. The van der Waals surface area contributed by atoms with Crippen molar-refractivity contribution in [2.45, 2.75) is 23.5 Å². The molecule has 1 aromatic heterocycles. The Kier molecular flexibility index (Phi) is 4.95. The van der Waals surface area contributed by atoms with E-state index in [1.54, 1.807) is 0 Å². The number of nitrogens with two attached hydrogens (primary N) is 1. The molecule has 0 aliphatic rings. The van der Waals surface area contributed by atoms with E-state index < -0.39 is 44.9 Å². The topological polar surface area (TPSA) is 43.8 Å². The molecule has 0 saturated heterocycles. The van der Waals surface area contributed by atoms with Crippen LogP contribution in [0.4, 0.5) is 32.2 Å². The molecule has 2 aromatic rings. The van der Waals surface area contributed by atoms with Gasteiger partial charge in [0.15, 0.2) is 0 Å². The highest BCUT2D eigenvalue weighted by Gasteiger charge is 2.35. The minimum atomic E-state index is -4.69. The number of alkyl halides is 6. The lowest BCUT2D eigenvalue weighted by Gasteiger charge is -2.13. The van der Waals surface area contributed by atoms with Crippen LogP contribution >= 0.6 is 35.0 Å². The monoisotopic (exact) mass is 409 g/mol. The Labute approximate surface area is 145 Å². The third kappa shape index (κ3) is 3.86. The van der Waals surface area contributed by atoms with E-state index >= 15 is 0 Å². The molecule has 1 heterocycles. The first-order chi connectivity index (χ1) is 10.8. The maximum Gasteiger partial charge on any atom is 0.446 e. The number of nitrogens with zero attached hydrogens (tertiary/aromatic N) is 2. The summed E-state index contributed by atoms with van der Waals surface area (Å²) in [5.41, 5.74) is -0.372. The first-order valence-corrected chi connectivity index (χ1v) is 7.56. The van der Waals surface area contributed by atoms with Crippen LogP contribution in [0.25, 0.3) is 5.69 Å². The second-order valence-electron chi connectivity index (χ2n) is 4.55. The number of hydrogen-bond donors (Lipinski definition) is 1. The molecule has 0 spiro atoms. The van der Waals surface area contributed by atoms with E-state index in [1.807, 2.05) is 0 Å². The number of rotatable bonds is 2. The van der Waals surface area contributed by atoms with Gasteiger partial charge in [0, 0.05) is 0 Å². The maximum atomic E-state index is 12.7. The van der Waals surface area contributed by atoms with Crippen LogP contribution in [0.5, 0.6) is 0 Å². The van der Waals surface area contributed by atoms with E-state index in [2.05, 4.69) is 5.10 Å². The summed E-state index contributed by atoms with van der Waals surface area (Å²) in [6.07, 6.45) is -4.69. The molecular formula is C12H7Cl2F6N3S. The third-order valence-electron chi connectivity index (χ3n) is 2.81. The molecule has 12 heteroatoms. The number of thioether (sulfide) groups is 1. The van der Waals surface area contributed by atoms with Gasteiger partial charge in [-0.3, -0.25) is 0 Å². The number of benzene rings is 1. The lowest BCUT2D eigenvalue weighted by Crippen LogP contribution is -2.09. The van der Waals surface area contributed by atoms with Crippen LogP contribution in [0.15, 0.2) is 17.0 Å². The lowest BCUT2D eigenvalue weighted by molar-refractivity contribution is -0.137. The minimum absolute atomic E-state index is 0.0677. The lowest BCUT2D eigenvalue weighted by atomic mass is 10.2. The molecule has 3 nitrogen and oxygen atoms in total. The molecule has 0 saturated carbocycles. The Morgan fingerprint density at radius 2 is 1.58 bits per heavy atom. The second kappa shape index (κ2) is 6.23. The summed E-state index contributed by atoms with van der Waals surface area (Å²) < 4.78 is 76.6. The zero-order chi connectivity index (χ0) is 18.4. The molecule has 0 radical (unpaired) electrons. The predicted octanol–water partition coefficient (Wildman–Crippen LogP) is 5.70. The Morgan fingerprint density at radius 1 is 1.08 bits per heavy atom. The zero-order valence-electron chi connectivity index (χ0n) is 11.6. The minimum Gasteiger partial charge on any atom is -0.383 e. The van der Waals surface area contributed by atoms with Crippen molar-refractivity contribution < 1.29 is 26.3 Å². The molecule has 24 heavy (non-hydrogen) atoms. The summed E-state index contributed by atoms with van der Waals surface area (Å²) in [5, 5.41) is 2.90. The van der Waals surface area contributed by atoms with Gasteiger partial charge in [-0.15, -0.1) is 0 Å². The molecule has 0 atom stereocenters. The molecule has 0 aliphatic carbocycles. The molecule has 0 unspecified atom stereocenters. The quantitative estimate of drug-likeness (QED) is 0.510. The number of hydrogen-bond acceptors (Lipinski definition) is 3. The summed E-state index contributed by atoms with van der Waals surface area (Å²) in [6.45, 7) is 1.27. The van der Waals surface area contributed by atoms with E-state index in [0.717, 1.165) is 4.68 Å². The Morgan fingerprint density at radius 3 is 2.00 bits per heavy atom. The molecule has 132 valence electrons. The molecule has 0 aliphatic heterocycles. The van der Waals surface area contributed by atoms with Gasteiger partial charge in [-0.05, 0) is 30.8 Å². The summed E-state index contributed by atoms with van der Waals surface area (Å²) in [5.74, 6) is -0.432. The average Bonchev–Trinajstić information content (AvgIpc) is 2.63. The van der Waals surface area contributed by atoms with Gasteiger partial charge in [0.2, 0.25) is 0 Å². The van der Waals surface area contributed by atoms with Gasteiger partial charge < -0.3 is 5.73 Å². The van der Waals surface area contributed by atoms with Crippen molar-refractivity contribution >= 4 is 40.8 Å². The fourth-order valence-corrected chi connectivity index (χ4v) is 3.13. The van der Waals surface area contributed by atoms with Crippen molar-refractivity contribution in [2.75, 3.05) is 5.73 Å². The maximum absolute atomic E-state index is 12.7. The van der Waals surface area contributed by atoms with Gasteiger partial charge in [0.05, 0.1) is 26.2 Å². The Bertz CT molecular complexity index is 761. The van der Waals surface area contributed by atoms with Crippen molar-refractivity contribution in [3.63, 3.8) is 0 Å².